The molecular formula is C22H22N4O6. The molecule has 2 heterocycles. The van der Waals surface area contributed by atoms with Crippen molar-refractivity contribution in [2.24, 2.45) is 0 Å². The van der Waals surface area contributed by atoms with Gasteiger partial charge < -0.3 is 23.7 Å². The normalized spacial score (nSPS) is 10.5. The predicted octanol–water partition coefficient (Wildman–Crippen LogP) is 2.61. The van der Waals surface area contributed by atoms with Gasteiger partial charge in [-0.2, -0.15) is 10.2 Å². The van der Waals surface area contributed by atoms with Gasteiger partial charge in [0.05, 0.1) is 19.8 Å². The Bertz CT molecular complexity index is 1240. The first-order valence-electron chi connectivity index (χ1n) is 9.71. The van der Waals surface area contributed by atoms with Gasteiger partial charge in [-0.25, -0.2) is 0 Å². The van der Waals surface area contributed by atoms with Crippen molar-refractivity contribution in [1.82, 2.24) is 15.1 Å². The third kappa shape index (κ3) is 4.78. The number of aromatic nitrogens is 3. The Morgan fingerprint density at radius 1 is 1.25 bits per heavy atom. The summed E-state index contributed by atoms with van der Waals surface area (Å²) in [7, 11) is 3.07. The van der Waals surface area contributed by atoms with Gasteiger partial charge in [0.1, 0.15) is 23.1 Å². The zero-order chi connectivity index (χ0) is 23.3. The van der Waals surface area contributed by atoms with Crippen LogP contribution in [0.4, 0.5) is 0 Å². The lowest BCUT2D eigenvalue weighted by atomic mass is 9.99. The van der Waals surface area contributed by atoms with Crippen molar-refractivity contribution in [2.75, 3.05) is 14.2 Å². The SMILES string of the molecule is COc1ccc(-c2noc(COC(=O)CCc3c(C)[nH]c(=O)c(C#N)c3C)n2)c(OC)c1. The quantitative estimate of drug-likeness (QED) is 0.525. The second-order valence-corrected chi connectivity index (χ2v) is 6.91. The van der Waals surface area contributed by atoms with Gasteiger partial charge in [-0.1, -0.05) is 5.16 Å². The summed E-state index contributed by atoms with van der Waals surface area (Å²) in [6.45, 7) is 3.23. The first kappa shape index (κ1) is 22.6. The van der Waals surface area contributed by atoms with Crippen LogP contribution in [0.15, 0.2) is 27.5 Å². The maximum Gasteiger partial charge on any atom is 0.306 e. The van der Waals surface area contributed by atoms with E-state index < -0.39 is 11.5 Å². The van der Waals surface area contributed by atoms with E-state index in [4.69, 9.17) is 24.0 Å². The van der Waals surface area contributed by atoms with Crippen LogP contribution in [0.25, 0.3) is 11.4 Å². The second-order valence-electron chi connectivity index (χ2n) is 6.91. The number of benzene rings is 1. The molecule has 0 atom stereocenters. The van der Waals surface area contributed by atoms with Gasteiger partial charge in [0.25, 0.3) is 11.4 Å². The highest BCUT2D eigenvalue weighted by Crippen LogP contribution is 2.31. The lowest BCUT2D eigenvalue weighted by molar-refractivity contribution is -0.145. The van der Waals surface area contributed by atoms with Crippen LogP contribution in [0.3, 0.4) is 0 Å². The van der Waals surface area contributed by atoms with Crippen molar-refractivity contribution < 1.29 is 23.5 Å². The molecule has 166 valence electrons. The van der Waals surface area contributed by atoms with Gasteiger partial charge in [0.15, 0.2) is 6.61 Å². The molecule has 3 aromatic rings. The summed E-state index contributed by atoms with van der Waals surface area (Å²) < 4.78 is 20.9. The fourth-order valence-electron chi connectivity index (χ4n) is 3.27. The number of nitriles is 1. The van der Waals surface area contributed by atoms with E-state index in [2.05, 4.69) is 15.1 Å². The summed E-state index contributed by atoms with van der Waals surface area (Å²) in [4.78, 5) is 30.9. The highest BCUT2D eigenvalue weighted by molar-refractivity contribution is 5.70. The number of esters is 1. The third-order valence-corrected chi connectivity index (χ3v) is 4.97. The van der Waals surface area contributed by atoms with E-state index >= 15 is 0 Å². The molecule has 0 aliphatic rings. The molecular weight excluding hydrogens is 416 g/mol. The van der Waals surface area contributed by atoms with Crippen LogP contribution < -0.4 is 15.0 Å². The summed E-state index contributed by atoms with van der Waals surface area (Å²) >= 11 is 0. The van der Waals surface area contributed by atoms with E-state index in [9.17, 15) is 9.59 Å². The highest BCUT2D eigenvalue weighted by atomic mass is 16.6. The largest absolute Gasteiger partial charge is 0.497 e. The molecule has 0 aliphatic heterocycles. The van der Waals surface area contributed by atoms with Crippen molar-refractivity contribution in [3.63, 3.8) is 0 Å². The minimum atomic E-state index is -0.477. The van der Waals surface area contributed by atoms with Gasteiger partial charge in [0, 0.05) is 18.2 Å². The Kier molecular flexibility index (Phi) is 6.90. The van der Waals surface area contributed by atoms with Crippen LogP contribution in [0, 0.1) is 25.2 Å². The van der Waals surface area contributed by atoms with Crippen LogP contribution in [-0.2, 0) is 22.6 Å². The minimum Gasteiger partial charge on any atom is -0.497 e. The number of carbonyl (C=O) groups excluding carboxylic acids is 1. The Labute approximate surface area is 183 Å². The van der Waals surface area contributed by atoms with E-state index in [-0.39, 0.29) is 24.5 Å². The molecule has 0 aliphatic carbocycles. The van der Waals surface area contributed by atoms with Gasteiger partial charge in [-0.05, 0) is 43.5 Å². The number of pyridine rings is 1. The lowest BCUT2D eigenvalue weighted by Crippen LogP contribution is -2.17. The molecule has 0 saturated carbocycles. The standard InChI is InChI=1S/C22H22N4O6/c1-12-15(13(2)24-22(28)17(12)10-23)7-8-20(27)31-11-19-25-21(26-32-19)16-6-5-14(29-3)9-18(16)30-4/h5-6,9H,7-8,11H2,1-4H3,(H,24,28). The number of aromatic amines is 1. The minimum absolute atomic E-state index is 0.0475. The Morgan fingerprint density at radius 2 is 2.03 bits per heavy atom. The van der Waals surface area contributed by atoms with Crippen LogP contribution in [0.2, 0.25) is 0 Å². The van der Waals surface area contributed by atoms with Crippen molar-refractivity contribution in [2.45, 2.75) is 33.3 Å². The summed E-state index contributed by atoms with van der Waals surface area (Å²) in [5.41, 5.74) is 2.14. The summed E-state index contributed by atoms with van der Waals surface area (Å²) in [5.74, 6) is 1.08. The number of nitrogens with zero attached hydrogens (tertiary/aromatic N) is 3. The molecule has 0 radical (unpaired) electrons. The fraction of sp³-hybridized carbons (Fsp3) is 0.318. The van der Waals surface area contributed by atoms with Gasteiger partial charge >= 0.3 is 5.97 Å². The molecule has 0 bridgehead atoms. The van der Waals surface area contributed by atoms with Crippen LogP contribution in [0.1, 0.15) is 34.7 Å². The Hall–Kier alpha value is -4.13. The van der Waals surface area contributed by atoms with Crippen molar-refractivity contribution in [1.29, 1.82) is 5.26 Å². The van der Waals surface area contributed by atoms with Gasteiger partial charge in [-0.15, -0.1) is 0 Å². The van der Waals surface area contributed by atoms with Crippen molar-refractivity contribution in [3.05, 3.63) is 56.8 Å². The van der Waals surface area contributed by atoms with Crippen LogP contribution in [0.5, 0.6) is 11.5 Å². The Balaban J connectivity index is 1.62. The molecule has 0 saturated heterocycles. The van der Waals surface area contributed by atoms with Crippen molar-refractivity contribution >= 4 is 5.97 Å². The number of rotatable bonds is 8. The zero-order valence-electron chi connectivity index (χ0n) is 18.1. The molecule has 10 nitrogen and oxygen atoms in total. The fourth-order valence-corrected chi connectivity index (χ4v) is 3.27. The number of H-pyrrole nitrogens is 1. The van der Waals surface area contributed by atoms with E-state index in [0.717, 1.165) is 5.56 Å². The molecule has 0 unspecified atom stereocenters. The van der Waals surface area contributed by atoms with E-state index in [1.807, 2.05) is 6.07 Å². The zero-order valence-corrected chi connectivity index (χ0v) is 18.1. The maximum absolute atomic E-state index is 12.2. The number of nitrogens with one attached hydrogen (secondary N) is 1. The van der Waals surface area contributed by atoms with Crippen molar-refractivity contribution in [3.8, 4) is 29.0 Å². The predicted molar refractivity (Wildman–Crippen MR) is 112 cm³/mol. The van der Waals surface area contributed by atoms with Crippen LogP contribution in [-0.4, -0.2) is 35.3 Å². The molecule has 32 heavy (non-hydrogen) atoms. The maximum atomic E-state index is 12.2. The molecule has 10 heteroatoms. The molecule has 2 aromatic heterocycles. The molecule has 1 aromatic carbocycles. The lowest BCUT2D eigenvalue weighted by Gasteiger charge is -2.10. The highest BCUT2D eigenvalue weighted by Gasteiger charge is 2.17. The topological polar surface area (TPSA) is 140 Å². The molecule has 0 amide bonds. The smallest absolute Gasteiger partial charge is 0.306 e. The number of methoxy groups -OCH3 is 2. The van der Waals surface area contributed by atoms with Gasteiger partial charge in [-0.3, -0.25) is 9.59 Å². The molecule has 1 N–H and O–H groups in total. The number of ether oxygens (including phenoxy) is 3. The molecule has 0 spiro atoms. The summed E-state index contributed by atoms with van der Waals surface area (Å²) in [5, 5.41) is 13.1. The number of hydrogen-bond acceptors (Lipinski definition) is 9. The number of aryl methyl sites for hydroxylation is 1. The van der Waals surface area contributed by atoms with Crippen LogP contribution >= 0.6 is 0 Å². The number of carbonyl (C=O) groups is 1. The average Bonchev–Trinajstić information content (AvgIpc) is 3.26. The Morgan fingerprint density at radius 3 is 2.72 bits per heavy atom. The van der Waals surface area contributed by atoms with E-state index in [0.29, 0.717) is 40.6 Å². The van der Waals surface area contributed by atoms with Gasteiger partial charge in [0.2, 0.25) is 5.82 Å². The first-order chi connectivity index (χ1) is 15.4. The first-order valence-corrected chi connectivity index (χ1v) is 9.71. The average molecular weight is 438 g/mol. The molecule has 0 fully saturated rings. The van der Waals surface area contributed by atoms with E-state index in [1.165, 1.54) is 7.11 Å². The molecule has 3 rings (SSSR count). The number of hydrogen-bond donors (Lipinski definition) is 1. The van der Waals surface area contributed by atoms with E-state index in [1.54, 1.807) is 39.2 Å². The summed E-state index contributed by atoms with van der Waals surface area (Å²) in [6, 6.07) is 7.07. The summed E-state index contributed by atoms with van der Waals surface area (Å²) in [6.07, 6.45) is 0.381. The third-order valence-electron chi connectivity index (χ3n) is 4.97. The monoisotopic (exact) mass is 438 g/mol. The second kappa shape index (κ2) is 9.78.